The van der Waals surface area contributed by atoms with Crippen molar-refractivity contribution in [1.82, 2.24) is 29.5 Å². The lowest BCUT2D eigenvalue weighted by Gasteiger charge is -2.10. The standard InChI is InChI=1S/C23H15F7N8/c1-37-16(8-17(36-37)23(28,29)30)18-20(31)33-22(34-21(18)32)38-15-5-2-9(24)6-11(15)14(35-38)7-10-12(25)3-4-13(26)19(10)27/h2-6,8H,7H2,1H3,(H4,31,32,33,34). The van der Waals surface area contributed by atoms with E-state index in [9.17, 15) is 30.7 Å². The van der Waals surface area contributed by atoms with Crippen LogP contribution in [0.5, 0.6) is 0 Å². The largest absolute Gasteiger partial charge is 0.435 e. The Morgan fingerprint density at radius 1 is 0.868 bits per heavy atom. The van der Waals surface area contributed by atoms with Crippen LogP contribution in [0, 0.1) is 23.3 Å². The number of nitrogens with zero attached hydrogens (tertiary/aromatic N) is 6. The van der Waals surface area contributed by atoms with E-state index >= 15 is 0 Å². The summed E-state index contributed by atoms with van der Waals surface area (Å²) in [5.74, 6) is -5.33. The third-order valence-electron chi connectivity index (χ3n) is 5.77. The number of benzene rings is 2. The van der Waals surface area contributed by atoms with Crippen molar-refractivity contribution < 1.29 is 30.7 Å². The first-order chi connectivity index (χ1) is 17.8. The molecule has 8 nitrogen and oxygen atoms in total. The van der Waals surface area contributed by atoms with Crippen molar-refractivity contribution in [3.05, 3.63) is 76.6 Å². The third kappa shape index (κ3) is 4.14. The van der Waals surface area contributed by atoms with Crippen LogP contribution in [0.15, 0.2) is 36.4 Å². The summed E-state index contributed by atoms with van der Waals surface area (Å²) in [5.41, 5.74) is 10.2. The molecule has 15 heteroatoms. The first-order valence-electron chi connectivity index (χ1n) is 10.7. The lowest BCUT2D eigenvalue weighted by atomic mass is 10.1. The van der Waals surface area contributed by atoms with E-state index in [1.54, 1.807) is 0 Å². The molecular weight excluding hydrogens is 521 g/mol. The molecule has 3 heterocycles. The molecule has 0 amide bonds. The molecule has 0 fully saturated rings. The molecule has 0 aliphatic rings. The highest BCUT2D eigenvalue weighted by atomic mass is 19.4. The Balaban J connectivity index is 1.65. The van der Waals surface area contributed by atoms with Gasteiger partial charge < -0.3 is 11.5 Å². The quantitative estimate of drug-likeness (QED) is 0.258. The van der Waals surface area contributed by atoms with Gasteiger partial charge in [0.25, 0.3) is 5.95 Å². The Hall–Kier alpha value is -4.69. The number of rotatable bonds is 4. The first-order valence-corrected chi connectivity index (χ1v) is 10.7. The number of aryl methyl sites for hydroxylation is 1. The zero-order valence-electron chi connectivity index (χ0n) is 19.2. The zero-order valence-corrected chi connectivity index (χ0v) is 19.2. The van der Waals surface area contributed by atoms with Gasteiger partial charge in [-0.1, -0.05) is 0 Å². The molecule has 0 bridgehead atoms. The van der Waals surface area contributed by atoms with Crippen LogP contribution in [0.3, 0.4) is 0 Å². The average Bonchev–Trinajstić information content (AvgIpc) is 3.39. The van der Waals surface area contributed by atoms with Gasteiger partial charge in [-0.3, -0.25) is 4.68 Å². The van der Waals surface area contributed by atoms with E-state index in [1.165, 1.54) is 13.1 Å². The number of halogens is 7. The molecule has 5 aromatic rings. The van der Waals surface area contributed by atoms with E-state index in [0.29, 0.717) is 6.07 Å². The van der Waals surface area contributed by atoms with Crippen LogP contribution in [0.25, 0.3) is 28.1 Å². The molecular formula is C23H15F7N8. The molecule has 0 aliphatic carbocycles. The predicted molar refractivity (Wildman–Crippen MR) is 122 cm³/mol. The minimum Gasteiger partial charge on any atom is -0.383 e. The molecule has 3 aromatic heterocycles. The smallest absolute Gasteiger partial charge is 0.383 e. The number of hydrogen-bond acceptors (Lipinski definition) is 6. The van der Waals surface area contributed by atoms with Gasteiger partial charge in [0.15, 0.2) is 17.3 Å². The van der Waals surface area contributed by atoms with Crippen LogP contribution in [-0.4, -0.2) is 29.5 Å². The maximum Gasteiger partial charge on any atom is 0.435 e. The summed E-state index contributed by atoms with van der Waals surface area (Å²) in [6, 6.07) is 5.55. The van der Waals surface area contributed by atoms with Crippen LogP contribution < -0.4 is 11.5 Å². The molecule has 0 radical (unpaired) electrons. The van der Waals surface area contributed by atoms with Crippen LogP contribution in [0.2, 0.25) is 0 Å². The average molecular weight is 536 g/mol. The monoisotopic (exact) mass is 536 g/mol. The van der Waals surface area contributed by atoms with Crippen molar-refractivity contribution in [1.29, 1.82) is 0 Å². The van der Waals surface area contributed by atoms with Crippen LogP contribution in [0.4, 0.5) is 42.4 Å². The Labute approximate surface area is 208 Å². The van der Waals surface area contributed by atoms with Gasteiger partial charge in [-0.2, -0.15) is 38.0 Å². The molecule has 0 atom stereocenters. The number of alkyl halides is 3. The van der Waals surface area contributed by atoms with Crippen molar-refractivity contribution >= 4 is 22.5 Å². The SMILES string of the molecule is Cn1nc(C(F)(F)F)cc1-c1c(N)nc(-n2nc(Cc3c(F)ccc(F)c3F)c3cc(F)ccc32)nc1N. The number of anilines is 2. The zero-order chi connectivity index (χ0) is 27.5. The second kappa shape index (κ2) is 8.71. The second-order valence-electron chi connectivity index (χ2n) is 8.22. The Bertz CT molecular complexity index is 1700. The van der Waals surface area contributed by atoms with Crippen LogP contribution in [-0.2, 0) is 19.6 Å². The number of fused-ring (bicyclic) bond motifs is 1. The van der Waals surface area contributed by atoms with Crippen molar-refractivity contribution in [2.45, 2.75) is 12.6 Å². The number of nitrogens with two attached hydrogens (primary N) is 2. The minimum atomic E-state index is -4.72. The minimum absolute atomic E-state index is 0.0471. The summed E-state index contributed by atoms with van der Waals surface area (Å²) >= 11 is 0. The highest BCUT2D eigenvalue weighted by Crippen LogP contribution is 2.36. The number of nitrogen functional groups attached to an aromatic ring is 2. The maximum atomic E-state index is 14.3. The molecule has 4 N–H and O–H groups in total. The predicted octanol–water partition coefficient (Wildman–Crippen LogP) is 4.55. The highest BCUT2D eigenvalue weighted by molar-refractivity contribution is 5.85. The summed E-state index contributed by atoms with van der Waals surface area (Å²) in [6.45, 7) is 0. The van der Waals surface area contributed by atoms with E-state index in [-0.39, 0.29) is 45.4 Å². The molecule has 0 saturated carbocycles. The van der Waals surface area contributed by atoms with Gasteiger partial charge in [-0.25, -0.2) is 17.6 Å². The highest BCUT2D eigenvalue weighted by Gasteiger charge is 2.35. The topological polar surface area (TPSA) is 113 Å². The van der Waals surface area contributed by atoms with Gasteiger partial charge in [0.05, 0.1) is 22.5 Å². The molecule has 38 heavy (non-hydrogen) atoms. The van der Waals surface area contributed by atoms with Crippen molar-refractivity contribution in [3.8, 4) is 17.2 Å². The first kappa shape index (κ1) is 25.0. The lowest BCUT2D eigenvalue weighted by molar-refractivity contribution is -0.141. The second-order valence-corrected chi connectivity index (χ2v) is 8.22. The van der Waals surface area contributed by atoms with Gasteiger partial charge in [0.1, 0.15) is 23.3 Å². The summed E-state index contributed by atoms with van der Waals surface area (Å²) < 4.78 is 97.7. The molecule has 0 aliphatic heterocycles. The Morgan fingerprint density at radius 3 is 2.16 bits per heavy atom. The normalized spacial score (nSPS) is 12.0. The van der Waals surface area contributed by atoms with E-state index in [0.717, 1.165) is 33.6 Å². The summed E-state index contributed by atoms with van der Waals surface area (Å²) in [6.07, 6.45) is -5.28. The molecule has 5 rings (SSSR count). The fourth-order valence-electron chi connectivity index (χ4n) is 4.01. The summed E-state index contributed by atoms with van der Waals surface area (Å²) in [4.78, 5) is 8.20. The number of hydrogen-bond donors (Lipinski definition) is 2. The van der Waals surface area contributed by atoms with E-state index < -0.39 is 47.1 Å². The maximum absolute atomic E-state index is 14.3. The van der Waals surface area contributed by atoms with Crippen molar-refractivity contribution in [2.75, 3.05) is 11.5 Å². The van der Waals surface area contributed by atoms with E-state index in [2.05, 4.69) is 20.2 Å². The fraction of sp³-hybridized carbons (Fsp3) is 0.130. The van der Waals surface area contributed by atoms with Crippen LogP contribution >= 0.6 is 0 Å². The molecule has 2 aromatic carbocycles. The summed E-state index contributed by atoms with van der Waals surface area (Å²) in [5, 5.41) is 7.77. The van der Waals surface area contributed by atoms with Crippen molar-refractivity contribution in [3.63, 3.8) is 0 Å². The van der Waals surface area contributed by atoms with Crippen LogP contribution in [0.1, 0.15) is 17.0 Å². The van der Waals surface area contributed by atoms with Gasteiger partial charge in [-0.05, 0) is 36.4 Å². The molecule has 0 unspecified atom stereocenters. The van der Waals surface area contributed by atoms with E-state index in [4.69, 9.17) is 11.5 Å². The Kier molecular flexibility index (Phi) is 5.72. The molecule has 0 saturated heterocycles. The molecule has 0 spiro atoms. The van der Waals surface area contributed by atoms with Gasteiger partial charge in [-0.15, -0.1) is 0 Å². The fourth-order valence-corrected chi connectivity index (χ4v) is 4.01. The number of aromatic nitrogens is 6. The van der Waals surface area contributed by atoms with Gasteiger partial charge >= 0.3 is 6.18 Å². The lowest BCUT2D eigenvalue weighted by Crippen LogP contribution is -2.11. The van der Waals surface area contributed by atoms with E-state index in [1.807, 2.05) is 0 Å². The molecule has 196 valence electrons. The van der Waals surface area contributed by atoms with Gasteiger partial charge in [0, 0.05) is 24.4 Å². The van der Waals surface area contributed by atoms with Gasteiger partial charge in [0.2, 0.25) is 0 Å². The Morgan fingerprint density at radius 2 is 1.53 bits per heavy atom. The van der Waals surface area contributed by atoms with Crippen molar-refractivity contribution in [2.24, 2.45) is 7.05 Å². The third-order valence-corrected chi connectivity index (χ3v) is 5.77. The summed E-state index contributed by atoms with van der Waals surface area (Å²) in [7, 11) is 1.25.